The molecule has 4 fully saturated rings. The molecule has 0 N–H and O–H groups in total. The fourth-order valence-corrected chi connectivity index (χ4v) is 4.73. The second-order valence-corrected chi connectivity index (χ2v) is 6.75. The van der Waals surface area contributed by atoms with Crippen LogP contribution in [0.2, 0.25) is 0 Å². The molecule has 0 aromatic carbocycles. The number of nitrogens with zero attached hydrogens (tertiary/aromatic N) is 4. The van der Waals surface area contributed by atoms with Crippen LogP contribution in [0.15, 0.2) is 20.5 Å². The summed E-state index contributed by atoms with van der Waals surface area (Å²) in [6.07, 6.45) is -6.90. The predicted molar refractivity (Wildman–Crippen MR) is 62.0 cm³/mol. The van der Waals surface area contributed by atoms with Gasteiger partial charge in [-0.15, -0.1) is 26.3 Å². The van der Waals surface area contributed by atoms with Crippen molar-refractivity contribution in [3.8, 4) is 0 Å². The van der Waals surface area contributed by atoms with Crippen molar-refractivity contribution in [1.82, 2.24) is 0 Å². The average molecular weight is 328 g/mol. The highest BCUT2D eigenvalue weighted by molar-refractivity contribution is 5.15. The summed E-state index contributed by atoms with van der Waals surface area (Å²) >= 11 is 0. The zero-order chi connectivity index (χ0) is 16.2. The molecule has 10 heteroatoms. The SMILES string of the molecule is FC(F)(F)N=NC12CC3CC(C1)CC(N=NC(F)(F)F)(C3)C2. The van der Waals surface area contributed by atoms with Gasteiger partial charge in [0.15, 0.2) is 0 Å². The summed E-state index contributed by atoms with van der Waals surface area (Å²) in [4.78, 5) is 0. The molecule has 0 spiro atoms. The molecular formula is C12H14F6N4. The highest BCUT2D eigenvalue weighted by Crippen LogP contribution is 2.60. The van der Waals surface area contributed by atoms with Crippen molar-refractivity contribution in [3.63, 3.8) is 0 Å². The van der Waals surface area contributed by atoms with Crippen molar-refractivity contribution in [3.05, 3.63) is 0 Å². The Morgan fingerprint density at radius 1 is 0.682 bits per heavy atom. The van der Waals surface area contributed by atoms with Gasteiger partial charge in [0.25, 0.3) is 0 Å². The first-order valence-electron chi connectivity index (χ1n) is 7.00. The van der Waals surface area contributed by atoms with Crippen LogP contribution in [0.1, 0.15) is 38.5 Å². The second-order valence-electron chi connectivity index (χ2n) is 6.75. The van der Waals surface area contributed by atoms with Gasteiger partial charge < -0.3 is 0 Å². The fourth-order valence-electron chi connectivity index (χ4n) is 4.73. The third-order valence-corrected chi connectivity index (χ3v) is 4.75. The van der Waals surface area contributed by atoms with Gasteiger partial charge in [0.2, 0.25) is 0 Å². The summed E-state index contributed by atoms with van der Waals surface area (Å²) in [5.74, 6) is 0.0845. The van der Waals surface area contributed by atoms with Crippen molar-refractivity contribution in [2.75, 3.05) is 0 Å². The first-order valence-corrected chi connectivity index (χ1v) is 7.00. The smallest absolute Gasteiger partial charge is 0.179 e. The number of azo groups is 2. The van der Waals surface area contributed by atoms with Crippen LogP contribution in [0.5, 0.6) is 0 Å². The number of hydrogen-bond donors (Lipinski definition) is 0. The molecular weight excluding hydrogens is 314 g/mol. The molecule has 0 heterocycles. The van der Waals surface area contributed by atoms with Crippen molar-refractivity contribution in [2.24, 2.45) is 32.3 Å². The van der Waals surface area contributed by atoms with Gasteiger partial charge in [0, 0.05) is 6.42 Å². The molecule has 4 nitrogen and oxygen atoms in total. The third kappa shape index (κ3) is 3.24. The lowest BCUT2D eigenvalue weighted by Crippen LogP contribution is -2.57. The van der Waals surface area contributed by atoms with E-state index in [1.54, 1.807) is 0 Å². The van der Waals surface area contributed by atoms with Crippen LogP contribution in [0.25, 0.3) is 0 Å². The standard InChI is InChI=1S/C12H14F6N4/c13-11(14,15)21-19-9-2-7-1-8(4-9)5-10(3-7,6-9)20-22-12(16,17)18/h7-8H,1-6H2. The van der Waals surface area contributed by atoms with E-state index in [0.717, 1.165) is 6.42 Å². The number of hydrogen-bond acceptors (Lipinski definition) is 4. The van der Waals surface area contributed by atoms with Crippen molar-refractivity contribution in [2.45, 2.75) is 62.2 Å². The molecule has 0 radical (unpaired) electrons. The molecule has 4 rings (SSSR count). The van der Waals surface area contributed by atoms with Crippen molar-refractivity contribution in [1.29, 1.82) is 0 Å². The quantitative estimate of drug-likeness (QED) is 0.388. The van der Waals surface area contributed by atoms with E-state index in [-0.39, 0.29) is 18.3 Å². The Balaban J connectivity index is 1.87. The minimum Gasteiger partial charge on any atom is -0.179 e. The van der Waals surface area contributed by atoms with Crippen LogP contribution >= 0.6 is 0 Å². The molecule has 0 aromatic rings. The lowest BCUT2D eigenvalue weighted by Gasteiger charge is -2.57. The largest absolute Gasteiger partial charge is 0.520 e. The highest BCUT2D eigenvalue weighted by atomic mass is 19.4. The van der Waals surface area contributed by atoms with Crippen LogP contribution in [0.3, 0.4) is 0 Å². The monoisotopic (exact) mass is 328 g/mol. The van der Waals surface area contributed by atoms with Crippen LogP contribution in [0, 0.1) is 11.8 Å². The van der Waals surface area contributed by atoms with Crippen LogP contribution in [-0.4, -0.2) is 23.7 Å². The second kappa shape index (κ2) is 4.64. The van der Waals surface area contributed by atoms with Gasteiger partial charge in [-0.3, -0.25) is 0 Å². The van der Waals surface area contributed by atoms with Gasteiger partial charge in [-0.2, -0.15) is 10.2 Å². The molecule has 0 unspecified atom stereocenters. The van der Waals surface area contributed by atoms with Crippen LogP contribution in [-0.2, 0) is 0 Å². The molecule has 124 valence electrons. The summed E-state index contributed by atoms with van der Waals surface area (Å²) in [5, 5.41) is 11.8. The zero-order valence-electron chi connectivity index (χ0n) is 11.5. The summed E-state index contributed by atoms with van der Waals surface area (Å²) in [7, 11) is 0. The normalized spacial score (nSPS) is 41.9. The molecule has 0 amide bonds. The molecule has 0 aliphatic heterocycles. The first kappa shape index (κ1) is 15.7. The van der Waals surface area contributed by atoms with E-state index < -0.39 is 23.7 Å². The number of rotatable bonds is 2. The van der Waals surface area contributed by atoms with E-state index in [2.05, 4.69) is 20.5 Å². The van der Waals surface area contributed by atoms with Crippen molar-refractivity contribution >= 4 is 0 Å². The average Bonchev–Trinajstić information content (AvgIpc) is 2.31. The Morgan fingerprint density at radius 2 is 1.05 bits per heavy atom. The predicted octanol–water partition coefficient (Wildman–Crippen LogP) is 5.02. The Hall–Kier alpha value is -1.22. The topological polar surface area (TPSA) is 49.4 Å². The Bertz CT molecular complexity index is 453. The van der Waals surface area contributed by atoms with E-state index in [4.69, 9.17) is 0 Å². The van der Waals surface area contributed by atoms with E-state index in [0.29, 0.717) is 25.7 Å². The Kier molecular flexibility index (Phi) is 3.30. The van der Waals surface area contributed by atoms with Gasteiger partial charge in [-0.25, -0.2) is 0 Å². The molecule has 0 saturated heterocycles. The number of alkyl halides is 6. The van der Waals surface area contributed by atoms with Gasteiger partial charge in [0.1, 0.15) is 0 Å². The van der Waals surface area contributed by atoms with Gasteiger partial charge >= 0.3 is 12.6 Å². The fraction of sp³-hybridized carbons (Fsp3) is 1.00. The maximum absolute atomic E-state index is 12.3. The molecule has 22 heavy (non-hydrogen) atoms. The highest BCUT2D eigenvalue weighted by Gasteiger charge is 2.59. The molecule has 0 aromatic heterocycles. The summed E-state index contributed by atoms with van der Waals surface area (Å²) < 4.78 is 73.7. The Morgan fingerprint density at radius 3 is 1.36 bits per heavy atom. The minimum atomic E-state index is -4.76. The van der Waals surface area contributed by atoms with E-state index in [1.165, 1.54) is 0 Å². The zero-order valence-corrected chi connectivity index (χ0v) is 11.5. The van der Waals surface area contributed by atoms with E-state index in [9.17, 15) is 26.3 Å². The minimum absolute atomic E-state index is 0.0422. The summed E-state index contributed by atoms with van der Waals surface area (Å²) in [6.45, 7) is 0. The van der Waals surface area contributed by atoms with Crippen molar-refractivity contribution < 1.29 is 26.3 Å². The van der Waals surface area contributed by atoms with Crippen LogP contribution < -0.4 is 0 Å². The molecule has 4 aliphatic carbocycles. The van der Waals surface area contributed by atoms with Crippen LogP contribution in [0.4, 0.5) is 26.3 Å². The number of halogens is 6. The summed E-state index contributed by atoms with van der Waals surface area (Å²) in [5.41, 5.74) is -2.07. The van der Waals surface area contributed by atoms with Gasteiger partial charge in [0.05, 0.1) is 11.1 Å². The van der Waals surface area contributed by atoms with Gasteiger partial charge in [-0.05, 0) is 43.9 Å². The van der Waals surface area contributed by atoms with E-state index in [1.807, 2.05) is 0 Å². The summed E-state index contributed by atoms with van der Waals surface area (Å²) in [6, 6.07) is 0. The lowest BCUT2D eigenvalue weighted by molar-refractivity contribution is -0.134. The molecule has 4 saturated carbocycles. The maximum atomic E-state index is 12.3. The first-order chi connectivity index (χ1) is 9.99. The molecule has 0 atom stereocenters. The van der Waals surface area contributed by atoms with Gasteiger partial charge in [-0.1, -0.05) is 10.2 Å². The van der Waals surface area contributed by atoms with E-state index >= 15 is 0 Å². The maximum Gasteiger partial charge on any atom is 0.520 e. The lowest BCUT2D eigenvalue weighted by atomic mass is 9.50. The molecule has 4 bridgehead atoms. The molecule has 4 aliphatic rings. The third-order valence-electron chi connectivity index (χ3n) is 4.75. The Labute approximate surface area is 122 Å².